The van der Waals surface area contributed by atoms with Gasteiger partial charge in [0.05, 0.1) is 10.8 Å². The summed E-state index contributed by atoms with van der Waals surface area (Å²) in [7, 11) is -3.54. The topological polar surface area (TPSA) is 69.7 Å². The number of carbonyl (C=O) groups excluding carboxylic acids is 1. The summed E-state index contributed by atoms with van der Waals surface area (Å²) in [5, 5.41) is 3.04. The zero-order chi connectivity index (χ0) is 20.9. The SMILES string of the molecule is Cc1ccc(S(=O)(=O)N2CCC[C@@H](C(=O)NCCCN3CCC[C@@H](C)C3)C2)cc1. The van der Waals surface area contributed by atoms with E-state index in [4.69, 9.17) is 0 Å². The second-order valence-electron chi connectivity index (χ2n) is 8.71. The Morgan fingerprint density at radius 2 is 1.83 bits per heavy atom. The summed E-state index contributed by atoms with van der Waals surface area (Å²) >= 11 is 0. The van der Waals surface area contributed by atoms with Gasteiger partial charge in [-0.1, -0.05) is 24.6 Å². The Balaban J connectivity index is 1.47. The van der Waals surface area contributed by atoms with Crippen LogP contribution < -0.4 is 5.32 Å². The average molecular weight is 422 g/mol. The molecule has 6 nitrogen and oxygen atoms in total. The highest BCUT2D eigenvalue weighted by atomic mass is 32.2. The molecule has 1 N–H and O–H groups in total. The van der Waals surface area contributed by atoms with Crippen molar-refractivity contribution in [2.24, 2.45) is 11.8 Å². The Bertz CT molecular complexity index is 779. The minimum absolute atomic E-state index is 0.0131. The Kier molecular flexibility index (Phi) is 7.71. The lowest BCUT2D eigenvalue weighted by molar-refractivity contribution is -0.126. The normalized spacial score (nSPS) is 24.3. The summed E-state index contributed by atoms with van der Waals surface area (Å²) in [6.07, 6.45) is 4.98. The Hall–Kier alpha value is -1.44. The van der Waals surface area contributed by atoms with E-state index in [0.717, 1.165) is 50.4 Å². The second-order valence-corrected chi connectivity index (χ2v) is 10.6. The Morgan fingerprint density at radius 1 is 1.10 bits per heavy atom. The lowest BCUT2D eigenvalue weighted by atomic mass is 9.99. The lowest BCUT2D eigenvalue weighted by Gasteiger charge is -2.32. The maximum absolute atomic E-state index is 12.9. The van der Waals surface area contributed by atoms with Crippen LogP contribution >= 0.6 is 0 Å². The number of benzene rings is 1. The quantitative estimate of drug-likeness (QED) is 0.687. The van der Waals surface area contributed by atoms with E-state index >= 15 is 0 Å². The first-order chi connectivity index (χ1) is 13.9. The first kappa shape index (κ1) is 22.2. The van der Waals surface area contributed by atoms with Crippen molar-refractivity contribution >= 4 is 15.9 Å². The summed E-state index contributed by atoms with van der Waals surface area (Å²) in [6.45, 7) is 8.97. The fraction of sp³-hybridized carbons (Fsp3) is 0.682. The molecule has 2 aliphatic rings. The van der Waals surface area contributed by atoms with Gasteiger partial charge in [-0.3, -0.25) is 4.79 Å². The van der Waals surface area contributed by atoms with Crippen LogP contribution in [0.5, 0.6) is 0 Å². The molecular formula is C22H35N3O3S. The molecule has 0 bridgehead atoms. The third-order valence-electron chi connectivity index (χ3n) is 6.11. The van der Waals surface area contributed by atoms with Gasteiger partial charge in [0.1, 0.15) is 0 Å². The van der Waals surface area contributed by atoms with Gasteiger partial charge in [-0.2, -0.15) is 4.31 Å². The molecule has 0 aromatic heterocycles. The molecule has 2 atom stereocenters. The standard InChI is InChI=1S/C22H35N3O3S/c1-18-8-10-21(11-9-18)29(27,28)25-15-4-7-20(17-25)22(26)23-12-5-14-24-13-3-6-19(2)16-24/h8-11,19-20H,3-7,12-17H2,1-2H3,(H,23,26)/t19-,20-/m1/s1. The molecule has 0 unspecified atom stereocenters. The van der Waals surface area contributed by atoms with Gasteiger partial charge in [0.2, 0.25) is 15.9 Å². The van der Waals surface area contributed by atoms with Crippen molar-refractivity contribution in [3.63, 3.8) is 0 Å². The van der Waals surface area contributed by atoms with Gasteiger partial charge in [0, 0.05) is 26.2 Å². The monoisotopic (exact) mass is 421 g/mol. The third-order valence-corrected chi connectivity index (χ3v) is 7.98. The molecule has 1 aromatic carbocycles. The molecule has 0 spiro atoms. The van der Waals surface area contributed by atoms with Crippen molar-refractivity contribution in [3.05, 3.63) is 29.8 Å². The fourth-order valence-electron chi connectivity index (χ4n) is 4.38. The van der Waals surface area contributed by atoms with E-state index in [1.165, 1.54) is 17.1 Å². The zero-order valence-corrected chi connectivity index (χ0v) is 18.6. The molecule has 1 amide bonds. The summed E-state index contributed by atoms with van der Waals surface area (Å²) in [4.78, 5) is 15.4. The number of nitrogens with zero attached hydrogens (tertiary/aromatic N) is 2. The number of amides is 1. The summed E-state index contributed by atoms with van der Waals surface area (Å²) < 4.78 is 27.3. The van der Waals surface area contributed by atoms with Crippen LogP contribution in [0.2, 0.25) is 0 Å². The van der Waals surface area contributed by atoms with E-state index in [1.807, 2.05) is 19.1 Å². The summed E-state index contributed by atoms with van der Waals surface area (Å²) in [5.41, 5.74) is 1.03. The zero-order valence-electron chi connectivity index (χ0n) is 17.8. The fourth-order valence-corrected chi connectivity index (χ4v) is 5.91. The van der Waals surface area contributed by atoms with E-state index in [1.54, 1.807) is 12.1 Å². The molecule has 0 aliphatic carbocycles. The number of rotatable bonds is 7. The van der Waals surface area contributed by atoms with Gasteiger partial charge >= 0.3 is 0 Å². The van der Waals surface area contributed by atoms with E-state index < -0.39 is 10.0 Å². The van der Waals surface area contributed by atoms with Crippen molar-refractivity contribution in [3.8, 4) is 0 Å². The number of aryl methyl sites for hydroxylation is 1. The molecule has 0 saturated carbocycles. The molecular weight excluding hydrogens is 386 g/mol. The largest absolute Gasteiger partial charge is 0.356 e. The van der Waals surface area contributed by atoms with Gasteiger partial charge in [-0.25, -0.2) is 8.42 Å². The Labute approximate surface area is 175 Å². The van der Waals surface area contributed by atoms with E-state index in [2.05, 4.69) is 17.1 Å². The second kappa shape index (κ2) is 10.0. The van der Waals surface area contributed by atoms with Crippen molar-refractivity contribution in [2.45, 2.75) is 50.8 Å². The van der Waals surface area contributed by atoms with Crippen molar-refractivity contribution in [2.75, 3.05) is 39.3 Å². The maximum Gasteiger partial charge on any atom is 0.243 e. The van der Waals surface area contributed by atoms with Crippen molar-refractivity contribution in [1.82, 2.24) is 14.5 Å². The number of nitrogens with one attached hydrogen (secondary N) is 1. The van der Waals surface area contributed by atoms with Crippen LogP contribution in [0.25, 0.3) is 0 Å². The number of piperidine rings is 2. The third kappa shape index (κ3) is 6.03. The lowest BCUT2D eigenvalue weighted by Crippen LogP contribution is -2.45. The predicted octanol–water partition coefficient (Wildman–Crippen LogP) is 2.63. The van der Waals surface area contributed by atoms with Gasteiger partial charge in [0.15, 0.2) is 0 Å². The highest BCUT2D eigenvalue weighted by Crippen LogP contribution is 2.24. The minimum Gasteiger partial charge on any atom is -0.356 e. The van der Waals surface area contributed by atoms with E-state index in [0.29, 0.717) is 18.0 Å². The van der Waals surface area contributed by atoms with E-state index in [9.17, 15) is 13.2 Å². The van der Waals surface area contributed by atoms with Crippen LogP contribution in [0.4, 0.5) is 0 Å². The van der Waals surface area contributed by atoms with E-state index in [-0.39, 0.29) is 18.4 Å². The molecule has 2 saturated heterocycles. The summed E-state index contributed by atoms with van der Waals surface area (Å²) in [5.74, 6) is 0.488. The van der Waals surface area contributed by atoms with Gasteiger partial charge in [0.25, 0.3) is 0 Å². The van der Waals surface area contributed by atoms with Crippen LogP contribution in [0.15, 0.2) is 29.2 Å². The first-order valence-corrected chi connectivity index (χ1v) is 12.4. The minimum atomic E-state index is -3.54. The summed E-state index contributed by atoms with van der Waals surface area (Å²) in [6, 6.07) is 6.92. The molecule has 0 radical (unpaired) electrons. The molecule has 2 aliphatic heterocycles. The number of hydrogen-bond acceptors (Lipinski definition) is 4. The number of likely N-dealkylation sites (tertiary alicyclic amines) is 1. The smallest absolute Gasteiger partial charge is 0.243 e. The van der Waals surface area contributed by atoms with Gasteiger partial charge in [-0.15, -0.1) is 0 Å². The molecule has 2 heterocycles. The highest BCUT2D eigenvalue weighted by Gasteiger charge is 2.33. The number of sulfonamides is 1. The number of hydrogen-bond donors (Lipinski definition) is 1. The molecule has 29 heavy (non-hydrogen) atoms. The predicted molar refractivity (Wildman–Crippen MR) is 115 cm³/mol. The average Bonchev–Trinajstić information content (AvgIpc) is 2.71. The van der Waals surface area contributed by atoms with Gasteiger partial charge < -0.3 is 10.2 Å². The van der Waals surface area contributed by atoms with Crippen LogP contribution in [-0.4, -0.2) is 62.8 Å². The van der Waals surface area contributed by atoms with Gasteiger partial charge in [-0.05, 0) is 70.2 Å². The number of carbonyl (C=O) groups is 1. The Morgan fingerprint density at radius 3 is 2.55 bits per heavy atom. The maximum atomic E-state index is 12.9. The molecule has 3 rings (SSSR count). The van der Waals surface area contributed by atoms with Crippen LogP contribution in [0.3, 0.4) is 0 Å². The molecule has 1 aromatic rings. The molecule has 7 heteroatoms. The van der Waals surface area contributed by atoms with Crippen LogP contribution in [-0.2, 0) is 14.8 Å². The van der Waals surface area contributed by atoms with Crippen LogP contribution in [0, 0.1) is 18.8 Å². The van der Waals surface area contributed by atoms with Crippen molar-refractivity contribution in [1.29, 1.82) is 0 Å². The van der Waals surface area contributed by atoms with Crippen molar-refractivity contribution < 1.29 is 13.2 Å². The molecule has 162 valence electrons. The highest BCUT2D eigenvalue weighted by molar-refractivity contribution is 7.89. The van der Waals surface area contributed by atoms with Crippen LogP contribution in [0.1, 0.15) is 44.6 Å². The first-order valence-electron chi connectivity index (χ1n) is 10.9. The molecule has 2 fully saturated rings.